The van der Waals surface area contributed by atoms with E-state index >= 15 is 0 Å². The fourth-order valence-corrected chi connectivity index (χ4v) is 4.87. The topological polar surface area (TPSA) is 185 Å². The molecule has 0 aromatic carbocycles. The quantitative estimate of drug-likeness (QED) is 0.0638. The van der Waals surface area contributed by atoms with E-state index in [1.807, 2.05) is 5.32 Å². The number of carbonyl (C=O) groups is 4. The number of carboxylic acids is 1. The largest absolute Gasteiger partial charge is 0.477 e. The molecule has 0 aliphatic carbocycles. The average molecular weight is 614 g/mol. The van der Waals surface area contributed by atoms with E-state index in [-0.39, 0.29) is 0 Å². The minimum absolute atomic E-state index is 0.427. The summed E-state index contributed by atoms with van der Waals surface area (Å²) in [6.45, 7) is 13.2. The zero-order valence-electron chi connectivity index (χ0n) is 27.2. The molecule has 11 nitrogen and oxygen atoms in total. The lowest BCUT2D eigenvalue weighted by molar-refractivity contribution is -0.138. The number of aliphatic hydroxyl groups is 3. The van der Waals surface area contributed by atoms with Crippen LogP contribution >= 0.6 is 0 Å². The Morgan fingerprint density at radius 1 is 0.674 bits per heavy atom. The van der Waals surface area contributed by atoms with Crippen molar-refractivity contribution < 1.29 is 39.6 Å². The van der Waals surface area contributed by atoms with Crippen LogP contribution in [0.1, 0.15) is 119 Å². The summed E-state index contributed by atoms with van der Waals surface area (Å²) in [6.07, 6.45) is 10.4. The number of carbonyl (C=O) groups excluding carboxylic acids is 3. The molecule has 0 saturated heterocycles. The summed E-state index contributed by atoms with van der Waals surface area (Å²) in [5, 5.41) is 47.4. The Bertz CT molecular complexity index is 864. The minimum Gasteiger partial charge on any atom is -0.477 e. The molecule has 0 aromatic heterocycles. The number of hydrogen-bond donors (Lipinski definition) is 7. The van der Waals surface area contributed by atoms with Gasteiger partial charge < -0.3 is 36.4 Å². The van der Waals surface area contributed by atoms with Gasteiger partial charge in [0.05, 0.1) is 24.2 Å². The van der Waals surface area contributed by atoms with E-state index in [0.717, 1.165) is 19.3 Å². The highest BCUT2D eigenvalue weighted by Crippen LogP contribution is 2.22. The number of aliphatic hydroxyl groups excluding tert-OH is 3. The Kier molecular flexibility index (Phi) is 20.8. The second-order valence-corrected chi connectivity index (χ2v) is 12.3. The number of hydrogen-bond acceptors (Lipinski definition) is 7. The highest BCUT2D eigenvalue weighted by molar-refractivity contribution is 5.97. The second kappa shape index (κ2) is 22.1. The third-order valence-corrected chi connectivity index (χ3v) is 8.02. The van der Waals surface area contributed by atoms with Crippen LogP contribution in [0.3, 0.4) is 0 Å². The molecular weight excluding hydrogens is 554 g/mol. The van der Waals surface area contributed by atoms with Gasteiger partial charge in [0.1, 0.15) is 17.8 Å². The SMILES string of the molecule is C=C(NC(=O)[C@@H](NC(=O)[C@@H](NC(=O)C(C)C(O)C(C)C(O)CCCCCCCCCCCCC)C(C)C)[C@@H](C)O)C(=O)O. The summed E-state index contributed by atoms with van der Waals surface area (Å²) in [5.74, 6) is -5.75. The zero-order valence-corrected chi connectivity index (χ0v) is 27.2. The van der Waals surface area contributed by atoms with E-state index in [1.54, 1.807) is 20.8 Å². The number of nitrogens with one attached hydrogen (secondary N) is 3. The van der Waals surface area contributed by atoms with Crippen molar-refractivity contribution in [1.82, 2.24) is 16.0 Å². The van der Waals surface area contributed by atoms with Crippen molar-refractivity contribution in [1.29, 1.82) is 0 Å². The van der Waals surface area contributed by atoms with E-state index in [2.05, 4.69) is 24.1 Å². The van der Waals surface area contributed by atoms with Gasteiger partial charge in [-0.15, -0.1) is 0 Å². The molecule has 0 heterocycles. The number of rotatable bonds is 24. The molecule has 0 aliphatic rings. The van der Waals surface area contributed by atoms with Gasteiger partial charge in [-0.3, -0.25) is 14.4 Å². The molecule has 3 amide bonds. The summed E-state index contributed by atoms with van der Waals surface area (Å²) < 4.78 is 0. The van der Waals surface area contributed by atoms with Gasteiger partial charge >= 0.3 is 5.97 Å². The highest BCUT2D eigenvalue weighted by Gasteiger charge is 2.35. The van der Waals surface area contributed by atoms with Gasteiger partial charge in [0, 0.05) is 5.92 Å². The van der Waals surface area contributed by atoms with Crippen molar-refractivity contribution >= 4 is 23.7 Å². The monoisotopic (exact) mass is 613 g/mol. The fourth-order valence-electron chi connectivity index (χ4n) is 4.87. The summed E-state index contributed by atoms with van der Waals surface area (Å²) in [5.41, 5.74) is -0.624. The fraction of sp³-hybridized carbons (Fsp3) is 0.812. The smallest absolute Gasteiger partial charge is 0.351 e. The molecule has 7 atom stereocenters. The molecule has 0 fully saturated rings. The Morgan fingerprint density at radius 2 is 1.14 bits per heavy atom. The Balaban J connectivity index is 4.84. The second-order valence-electron chi connectivity index (χ2n) is 12.3. The molecule has 250 valence electrons. The first-order chi connectivity index (χ1) is 20.1. The third kappa shape index (κ3) is 16.2. The van der Waals surface area contributed by atoms with Crippen LogP contribution in [0, 0.1) is 17.8 Å². The van der Waals surface area contributed by atoms with Crippen molar-refractivity contribution in [3.05, 3.63) is 12.3 Å². The van der Waals surface area contributed by atoms with Crippen LogP contribution in [0.2, 0.25) is 0 Å². The molecule has 43 heavy (non-hydrogen) atoms. The van der Waals surface area contributed by atoms with Crippen molar-refractivity contribution in [2.75, 3.05) is 0 Å². The normalized spacial score (nSPS) is 16.3. The maximum atomic E-state index is 13.0. The van der Waals surface area contributed by atoms with Gasteiger partial charge in [-0.2, -0.15) is 0 Å². The lowest BCUT2D eigenvalue weighted by Gasteiger charge is -2.30. The molecule has 0 saturated carbocycles. The van der Waals surface area contributed by atoms with Gasteiger partial charge in [-0.25, -0.2) is 4.79 Å². The summed E-state index contributed by atoms with van der Waals surface area (Å²) in [4.78, 5) is 49.4. The number of aliphatic carboxylic acids is 1. The molecule has 0 rings (SSSR count). The van der Waals surface area contributed by atoms with Crippen LogP contribution in [0.5, 0.6) is 0 Å². The predicted molar refractivity (Wildman–Crippen MR) is 167 cm³/mol. The zero-order chi connectivity index (χ0) is 33.1. The van der Waals surface area contributed by atoms with Crippen molar-refractivity contribution in [2.24, 2.45) is 17.8 Å². The van der Waals surface area contributed by atoms with Gasteiger partial charge in [0.2, 0.25) is 17.7 Å². The molecule has 0 radical (unpaired) electrons. The van der Waals surface area contributed by atoms with Gasteiger partial charge in [-0.05, 0) is 19.3 Å². The molecule has 0 spiro atoms. The van der Waals surface area contributed by atoms with Gasteiger partial charge in [0.15, 0.2) is 0 Å². The van der Waals surface area contributed by atoms with Crippen LogP contribution in [-0.2, 0) is 19.2 Å². The van der Waals surface area contributed by atoms with Gasteiger partial charge in [-0.1, -0.05) is 112 Å². The number of amides is 3. The van der Waals surface area contributed by atoms with Crippen LogP contribution in [0.4, 0.5) is 0 Å². The third-order valence-electron chi connectivity index (χ3n) is 8.02. The molecule has 4 unspecified atom stereocenters. The Labute approximate surface area is 258 Å². The number of carboxylic acid groups (broad SMARTS) is 1. The first kappa shape index (κ1) is 40.5. The lowest BCUT2D eigenvalue weighted by Crippen LogP contribution is -2.59. The molecule has 0 aromatic rings. The van der Waals surface area contributed by atoms with E-state index in [4.69, 9.17) is 5.11 Å². The van der Waals surface area contributed by atoms with Crippen LogP contribution in [0.25, 0.3) is 0 Å². The lowest BCUT2D eigenvalue weighted by atomic mass is 9.86. The standard InChI is InChI=1S/C32H59N3O8/c1-8-9-10-11-12-13-14-15-16-17-18-19-25(37)21(4)28(38)22(5)29(39)34-26(20(2)3)30(40)35-27(24(7)36)31(41)33-23(6)32(42)43/h20-22,24-28,36-38H,6,8-19H2,1-5,7H3,(H,33,41)(H,34,39)(H,35,40)(H,42,43)/t21?,22?,24-,25?,26+,27+,28?/m1/s1. The summed E-state index contributed by atoms with van der Waals surface area (Å²) in [7, 11) is 0. The van der Waals surface area contributed by atoms with Gasteiger partial charge in [0.25, 0.3) is 0 Å². The molecule has 0 bridgehead atoms. The van der Waals surface area contributed by atoms with E-state index in [0.29, 0.717) is 6.42 Å². The molecule has 11 heteroatoms. The molecule has 0 aliphatic heterocycles. The van der Waals surface area contributed by atoms with Crippen LogP contribution in [-0.4, -0.2) is 74.5 Å². The van der Waals surface area contributed by atoms with E-state index in [9.17, 15) is 34.5 Å². The maximum Gasteiger partial charge on any atom is 0.351 e. The van der Waals surface area contributed by atoms with Crippen molar-refractivity contribution in [3.63, 3.8) is 0 Å². The average Bonchev–Trinajstić information content (AvgIpc) is 2.95. The minimum atomic E-state index is -1.50. The first-order valence-electron chi connectivity index (χ1n) is 16.0. The maximum absolute atomic E-state index is 13.0. The number of unbranched alkanes of at least 4 members (excludes halogenated alkanes) is 10. The van der Waals surface area contributed by atoms with Crippen LogP contribution in [0.15, 0.2) is 12.3 Å². The Hall–Kier alpha value is -2.50. The Morgan fingerprint density at radius 3 is 1.58 bits per heavy atom. The van der Waals surface area contributed by atoms with E-state index in [1.165, 1.54) is 65.2 Å². The van der Waals surface area contributed by atoms with Crippen LogP contribution < -0.4 is 16.0 Å². The van der Waals surface area contributed by atoms with Crippen molar-refractivity contribution in [3.8, 4) is 0 Å². The van der Waals surface area contributed by atoms with Crippen molar-refractivity contribution in [2.45, 2.75) is 149 Å². The summed E-state index contributed by atoms with van der Waals surface area (Å²) in [6, 6.07) is -2.62. The summed E-state index contributed by atoms with van der Waals surface area (Å²) >= 11 is 0. The predicted octanol–water partition coefficient (Wildman–Crippen LogP) is 3.40. The molecular formula is C32H59N3O8. The highest BCUT2D eigenvalue weighted by atomic mass is 16.4. The first-order valence-corrected chi connectivity index (χ1v) is 16.0. The van der Waals surface area contributed by atoms with E-state index < -0.39 is 77.5 Å². The molecule has 7 N–H and O–H groups in total.